The van der Waals surface area contributed by atoms with Gasteiger partial charge in [0.15, 0.2) is 0 Å². The van der Waals surface area contributed by atoms with Gasteiger partial charge in [0.05, 0.1) is 0 Å². The molecule has 0 saturated heterocycles. The Balaban J connectivity index is 0.0000102. The van der Waals surface area contributed by atoms with Crippen LogP contribution < -0.4 is 0 Å². The molecule has 0 radical (unpaired) electrons. The monoisotopic (exact) mass is 461 g/mol. The standard InChI is InChI=1S/C31H57N.H2O/c1-3-32(4-2)30-26-21-19-17-15-13-11-9-7-5-6-8-10-12-14-16-18-20-23-27-31-28-24-22-25-29-31;/h22,24-25,28-29H,3-21,23,26-27,30H2,1-2H3;1H2. The van der Waals surface area contributed by atoms with Crippen molar-refractivity contribution in [1.29, 1.82) is 0 Å². The van der Waals surface area contributed by atoms with Gasteiger partial charge < -0.3 is 10.4 Å². The van der Waals surface area contributed by atoms with Gasteiger partial charge >= 0.3 is 0 Å². The van der Waals surface area contributed by atoms with E-state index < -0.39 is 0 Å². The van der Waals surface area contributed by atoms with E-state index in [1.54, 1.807) is 0 Å². The zero-order valence-corrected chi connectivity index (χ0v) is 22.6. The van der Waals surface area contributed by atoms with Gasteiger partial charge in [0, 0.05) is 0 Å². The molecule has 0 heterocycles. The topological polar surface area (TPSA) is 34.7 Å². The summed E-state index contributed by atoms with van der Waals surface area (Å²) in [7, 11) is 0. The Morgan fingerprint density at radius 1 is 0.455 bits per heavy atom. The molecule has 0 aliphatic heterocycles. The number of aryl methyl sites for hydroxylation is 1. The van der Waals surface area contributed by atoms with Gasteiger partial charge in [0.2, 0.25) is 0 Å². The smallest absolute Gasteiger partial charge is 0.00190 e. The van der Waals surface area contributed by atoms with Crippen LogP contribution in [0.1, 0.15) is 141 Å². The van der Waals surface area contributed by atoms with E-state index in [4.69, 9.17) is 0 Å². The predicted octanol–water partition coefficient (Wildman–Crippen LogP) is 9.16. The van der Waals surface area contributed by atoms with E-state index in [1.165, 1.54) is 154 Å². The van der Waals surface area contributed by atoms with Crippen LogP contribution in [0.2, 0.25) is 0 Å². The van der Waals surface area contributed by atoms with Crippen molar-refractivity contribution in [2.24, 2.45) is 0 Å². The molecule has 0 atom stereocenters. The normalized spacial score (nSPS) is 11.1. The molecule has 0 aromatic heterocycles. The first kappa shape index (κ1) is 32.1. The summed E-state index contributed by atoms with van der Waals surface area (Å²) in [6.07, 6.45) is 28.9. The summed E-state index contributed by atoms with van der Waals surface area (Å²) in [5, 5.41) is 0. The highest BCUT2D eigenvalue weighted by molar-refractivity contribution is 5.14. The van der Waals surface area contributed by atoms with E-state index >= 15 is 0 Å². The van der Waals surface area contributed by atoms with Crippen molar-refractivity contribution in [2.75, 3.05) is 19.6 Å². The van der Waals surface area contributed by atoms with Gasteiger partial charge in [-0.2, -0.15) is 0 Å². The minimum atomic E-state index is 0. The summed E-state index contributed by atoms with van der Waals surface area (Å²) in [4.78, 5) is 2.55. The molecule has 0 amide bonds. The zero-order chi connectivity index (χ0) is 23.0. The van der Waals surface area contributed by atoms with Crippen LogP contribution in [-0.2, 0) is 6.42 Å². The molecule has 1 rings (SSSR count). The summed E-state index contributed by atoms with van der Waals surface area (Å²) < 4.78 is 0. The number of hydrogen-bond donors (Lipinski definition) is 0. The summed E-state index contributed by atoms with van der Waals surface area (Å²) in [5.74, 6) is 0. The van der Waals surface area contributed by atoms with Crippen LogP contribution in [-0.4, -0.2) is 30.0 Å². The highest BCUT2D eigenvalue weighted by atomic mass is 16.0. The fourth-order valence-corrected chi connectivity index (χ4v) is 4.85. The second-order valence-corrected chi connectivity index (χ2v) is 9.98. The van der Waals surface area contributed by atoms with Crippen molar-refractivity contribution in [3.63, 3.8) is 0 Å². The van der Waals surface area contributed by atoms with E-state index in [0.717, 1.165) is 0 Å². The van der Waals surface area contributed by atoms with Gasteiger partial charge in [0.1, 0.15) is 0 Å². The largest absolute Gasteiger partial charge is 0.412 e. The highest BCUT2D eigenvalue weighted by Crippen LogP contribution is 2.15. The number of hydrogen-bond acceptors (Lipinski definition) is 1. The van der Waals surface area contributed by atoms with Crippen LogP contribution in [0.4, 0.5) is 0 Å². The van der Waals surface area contributed by atoms with Crippen molar-refractivity contribution >= 4 is 0 Å². The molecular formula is C31H59NO. The summed E-state index contributed by atoms with van der Waals surface area (Å²) in [6.45, 7) is 8.29. The van der Waals surface area contributed by atoms with Gasteiger partial charge in [-0.25, -0.2) is 0 Å². The first-order valence-electron chi connectivity index (χ1n) is 14.6. The van der Waals surface area contributed by atoms with E-state index in [9.17, 15) is 0 Å². The summed E-state index contributed by atoms with van der Waals surface area (Å²) in [6, 6.07) is 11.0. The molecule has 0 bridgehead atoms. The van der Waals surface area contributed by atoms with Crippen LogP contribution in [0.5, 0.6) is 0 Å². The maximum absolute atomic E-state index is 2.55. The Morgan fingerprint density at radius 3 is 1.15 bits per heavy atom. The number of unbranched alkanes of at least 4 members (excludes halogenated alkanes) is 18. The molecule has 1 aromatic carbocycles. The molecular weight excluding hydrogens is 402 g/mol. The van der Waals surface area contributed by atoms with Gasteiger partial charge in [-0.05, 0) is 44.5 Å². The summed E-state index contributed by atoms with van der Waals surface area (Å²) in [5.41, 5.74) is 1.50. The van der Waals surface area contributed by atoms with Crippen molar-refractivity contribution < 1.29 is 5.48 Å². The van der Waals surface area contributed by atoms with E-state index in [2.05, 4.69) is 49.1 Å². The lowest BCUT2D eigenvalue weighted by Gasteiger charge is -2.17. The van der Waals surface area contributed by atoms with Gasteiger partial charge in [-0.15, -0.1) is 0 Å². The van der Waals surface area contributed by atoms with Crippen LogP contribution in [0.3, 0.4) is 0 Å². The molecule has 2 heteroatoms. The molecule has 0 fully saturated rings. The van der Waals surface area contributed by atoms with Crippen LogP contribution in [0.15, 0.2) is 30.3 Å². The number of benzene rings is 1. The molecule has 2 nitrogen and oxygen atoms in total. The van der Waals surface area contributed by atoms with Gasteiger partial charge in [-0.3, -0.25) is 0 Å². The molecule has 1 aromatic rings. The van der Waals surface area contributed by atoms with E-state index in [-0.39, 0.29) is 5.48 Å². The molecule has 0 aliphatic carbocycles. The fourth-order valence-electron chi connectivity index (χ4n) is 4.85. The molecule has 33 heavy (non-hydrogen) atoms. The Labute approximate surface area is 208 Å². The lowest BCUT2D eigenvalue weighted by Crippen LogP contribution is -2.23. The van der Waals surface area contributed by atoms with E-state index in [1.807, 2.05) is 0 Å². The minimum Gasteiger partial charge on any atom is -0.412 e. The molecule has 0 unspecified atom stereocenters. The van der Waals surface area contributed by atoms with Crippen LogP contribution in [0.25, 0.3) is 0 Å². The van der Waals surface area contributed by atoms with E-state index in [0.29, 0.717) is 0 Å². The average molecular weight is 462 g/mol. The Bertz CT molecular complexity index is 471. The Morgan fingerprint density at radius 2 is 0.788 bits per heavy atom. The quantitative estimate of drug-likeness (QED) is 0.141. The third kappa shape index (κ3) is 21.4. The minimum absolute atomic E-state index is 0. The van der Waals surface area contributed by atoms with Crippen molar-refractivity contribution in [3.05, 3.63) is 35.9 Å². The Kier molecular flexibility index (Phi) is 25.1. The van der Waals surface area contributed by atoms with Gasteiger partial charge in [0.25, 0.3) is 0 Å². The Hall–Kier alpha value is -0.860. The molecule has 0 saturated carbocycles. The number of nitrogens with zero attached hydrogens (tertiary/aromatic N) is 1. The zero-order valence-electron chi connectivity index (χ0n) is 22.6. The first-order chi connectivity index (χ1) is 15.9. The lowest BCUT2D eigenvalue weighted by atomic mass is 10.0. The SMILES string of the molecule is CCN(CC)CCCCCCCCCCCCCCCCCCCCCc1ccccc1.O. The maximum Gasteiger partial charge on any atom is -0.00190 e. The van der Waals surface area contributed by atoms with Crippen LogP contribution in [0, 0.1) is 0 Å². The third-order valence-electron chi connectivity index (χ3n) is 7.18. The first-order valence-corrected chi connectivity index (χ1v) is 14.6. The maximum atomic E-state index is 2.55. The van der Waals surface area contributed by atoms with Crippen molar-refractivity contribution in [3.8, 4) is 0 Å². The van der Waals surface area contributed by atoms with Crippen LogP contribution >= 0.6 is 0 Å². The average Bonchev–Trinajstić information content (AvgIpc) is 2.83. The molecule has 0 spiro atoms. The second kappa shape index (κ2) is 25.8. The molecule has 194 valence electrons. The van der Waals surface area contributed by atoms with Crippen molar-refractivity contribution in [2.45, 2.75) is 142 Å². The van der Waals surface area contributed by atoms with Crippen molar-refractivity contribution in [1.82, 2.24) is 4.90 Å². The predicted molar refractivity (Wildman–Crippen MR) is 149 cm³/mol. The van der Waals surface area contributed by atoms with Gasteiger partial charge in [-0.1, -0.05) is 153 Å². The third-order valence-corrected chi connectivity index (χ3v) is 7.18. The summed E-state index contributed by atoms with van der Waals surface area (Å²) >= 11 is 0. The second-order valence-electron chi connectivity index (χ2n) is 9.98. The lowest BCUT2D eigenvalue weighted by molar-refractivity contribution is 0.295. The number of rotatable bonds is 24. The fraction of sp³-hybridized carbons (Fsp3) is 0.806. The molecule has 0 aliphatic rings. The molecule has 2 N–H and O–H groups in total. The highest BCUT2D eigenvalue weighted by Gasteiger charge is 1.99.